The van der Waals surface area contributed by atoms with Gasteiger partial charge in [0.1, 0.15) is 11.4 Å². The predicted octanol–water partition coefficient (Wildman–Crippen LogP) is 1.13. The molecule has 1 aromatic rings. The fraction of sp³-hybridized carbons (Fsp3) is 0.667. The van der Waals surface area contributed by atoms with Crippen LogP contribution in [-0.2, 0) is 27.3 Å². The minimum absolute atomic E-state index is 0.0111. The Morgan fingerprint density at radius 1 is 1.44 bits per heavy atom. The molecule has 0 spiro atoms. The summed E-state index contributed by atoms with van der Waals surface area (Å²) in [6, 6.07) is 0.257. The molecule has 25 heavy (non-hydrogen) atoms. The van der Waals surface area contributed by atoms with Gasteiger partial charge in [-0.2, -0.15) is 0 Å². The van der Waals surface area contributed by atoms with Crippen LogP contribution in [0.2, 0.25) is 0 Å². The number of aromatic nitrogens is 2. The Morgan fingerprint density at radius 2 is 2.28 bits per heavy atom. The lowest BCUT2D eigenvalue weighted by Crippen LogP contribution is -2.45. The van der Waals surface area contributed by atoms with Crippen molar-refractivity contribution in [1.29, 1.82) is 0 Å². The molecule has 1 amide bonds. The Morgan fingerprint density at radius 3 is 2.96 bits per heavy atom. The molecule has 134 valence electrons. The van der Waals surface area contributed by atoms with Crippen LogP contribution in [0, 0.1) is 5.92 Å². The molecule has 0 aromatic carbocycles. The number of amides is 1. The topological polar surface area (TPSA) is 84.4 Å². The molecule has 4 heterocycles. The van der Waals surface area contributed by atoms with Gasteiger partial charge in [0.25, 0.3) is 0 Å². The molecule has 2 fully saturated rings. The van der Waals surface area contributed by atoms with Crippen molar-refractivity contribution < 1.29 is 14.3 Å². The van der Waals surface area contributed by atoms with E-state index in [0.717, 1.165) is 42.9 Å². The van der Waals surface area contributed by atoms with Crippen molar-refractivity contribution in [3.63, 3.8) is 0 Å². The third-order valence-corrected chi connectivity index (χ3v) is 5.52. The molecule has 3 aliphatic heterocycles. The molecule has 2 atom stereocenters. The maximum absolute atomic E-state index is 12.9. The van der Waals surface area contributed by atoms with Crippen LogP contribution in [0.15, 0.2) is 6.20 Å². The van der Waals surface area contributed by atoms with Gasteiger partial charge in [0.15, 0.2) is 0 Å². The first-order valence-corrected chi connectivity index (χ1v) is 9.03. The summed E-state index contributed by atoms with van der Waals surface area (Å²) in [6.07, 6.45) is 4.99. The van der Waals surface area contributed by atoms with Gasteiger partial charge >= 0.3 is 5.97 Å². The van der Waals surface area contributed by atoms with Crippen molar-refractivity contribution in [1.82, 2.24) is 20.2 Å². The van der Waals surface area contributed by atoms with Crippen LogP contribution in [0.25, 0.3) is 0 Å². The normalized spacial score (nSPS) is 27.9. The first-order valence-electron chi connectivity index (χ1n) is 9.03. The molecular formula is C18H24N4O3. The molecule has 2 saturated heterocycles. The molecular weight excluding hydrogens is 320 g/mol. The van der Waals surface area contributed by atoms with Crippen LogP contribution in [0.3, 0.4) is 0 Å². The summed E-state index contributed by atoms with van der Waals surface area (Å²) >= 11 is 0. The van der Waals surface area contributed by atoms with Crippen molar-refractivity contribution in [2.75, 3.05) is 13.1 Å². The molecule has 0 bridgehead atoms. The van der Waals surface area contributed by atoms with Gasteiger partial charge in [-0.1, -0.05) is 0 Å². The van der Waals surface area contributed by atoms with E-state index in [1.165, 1.54) is 0 Å². The lowest BCUT2D eigenvalue weighted by atomic mass is 9.89. The average Bonchev–Trinajstić information content (AvgIpc) is 3.20. The van der Waals surface area contributed by atoms with Crippen LogP contribution in [0.4, 0.5) is 0 Å². The first kappa shape index (κ1) is 16.4. The summed E-state index contributed by atoms with van der Waals surface area (Å²) in [5.41, 5.74) is 1.31. The van der Waals surface area contributed by atoms with E-state index in [-0.39, 0.29) is 24.3 Å². The SMILES string of the molecule is CC1(C)OC(=O)C[C@@H]1C(=O)N1CCc2nc([C@H]3CCCN3)ncc2C1. The fourth-order valence-corrected chi connectivity index (χ4v) is 4.02. The number of hydrogen-bond acceptors (Lipinski definition) is 6. The van der Waals surface area contributed by atoms with E-state index < -0.39 is 11.5 Å². The van der Waals surface area contributed by atoms with Gasteiger partial charge in [-0.15, -0.1) is 0 Å². The number of carbonyl (C=O) groups is 2. The number of nitrogens with one attached hydrogen (secondary N) is 1. The second kappa shape index (κ2) is 6.05. The quantitative estimate of drug-likeness (QED) is 0.810. The highest BCUT2D eigenvalue weighted by molar-refractivity contribution is 5.87. The van der Waals surface area contributed by atoms with Gasteiger partial charge in [0.2, 0.25) is 5.91 Å². The third kappa shape index (κ3) is 3.01. The van der Waals surface area contributed by atoms with Crippen molar-refractivity contribution >= 4 is 11.9 Å². The Kier molecular flexibility index (Phi) is 3.98. The molecule has 3 aliphatic rings. The Hall–Kier alpha value is -2.02. The summed E-state index contributed by atoms with van der Waals surface area (Å²) in [7, 11) is 0. The molecule has 7 nitrogen and oxygen atoms in total. The van der Waals surface area contributed by atoms with E-state index in [9.17, 15) is 9.59 Å². The van der Waals surface area contributed by atoms with Crippen LogP contribution < -0.4 is 5.32 Å². The standard InChI is InChI=1S/C18H24N4O3/c1-18(2)12(8-15(23)25-18)17(24)22-7-5-13-11(10-22)9-20-16(21-13)14-4-3-6-19-14/h9,12,14,19H,3-8,10H2,1-2H3/t12-,14-/m1/s1. The highest BCUT2D eigenvalue weighted by Crippen LogP contribution is 2.35. The Bertz CT molecular complexity index is 712. The highest BCUT2D eigenvalue weighted by atomic mass is 16.6. The number of fused-ring (bicyclic) bond motifs is 1. The maximum Gasteiger partial charge on any atom is 0.307 e. The van der Waals surface area contributed by atoms with Crippen LogP contribution in [-0.4, -0.2) is 45.4 Å². The second-order valence-electron chi connectivity index (χ2n) is 7.69. The zero-order valence-corrected chi connectivity index (χ0v) is 14.7. The molecule has 0 unspecified atom stereocenters. The summed E-state index contributed by atoms with van der Waals surface area (Å²) in [4.78, 5) is 35.6. The van der Waals surface area contributed by atoms with Crippen molar-refractivity contribution in [3.05, 3.63) is 23.3 Å². The second-order valence-corrected chi connectivity index (χ2v) is 7.69. The number of ether oxygens (including phenoxy) is 1. The number of hydrogen-bond donors (Lipinski definition) is 1. The zero-order chi connectivity index (χ0) is 17.6. The maximum atomic E-state index is 12.9. The molecule has 1 N–H and O–H groups in total. The van der Waals surface area contributed by atoms with E-state index in [1.807, 2.05) is 24.9 Å². The van der Waals surface area contributed by atoms with Crippen LogP contribution in [0.5, 0.6) is 0 Å². The number of cyclic esters (lactones) is 1. The molecule has 0 saturated carbocycles. The Balaban J connectivity index is 1.49. The molecule has 7 heteroatoms. The van der Waals surface area contributed by atoms with Crippen LogP contribution in [0.1, 0.15) is 56.2 Å². The fourth-order valence-electron chi connectivity index (χ4n) is 4.02. The monoisotopic (exact) mass is 344 g/mol. The van der Waals surface area contributed by atoms with Gasteiger partial charge in [-0.25, -0.2) is 9.97 Å². The summed E-state index contributed by atoms with van der Waals surface area (Å²) in [5, 5.41) is 3.42. The minimum Gasteiger partial charge on any atom is -0.459 e. The first-order chi connectivity index (χ1) is 11.9. The lowest BCUT2D eigenvalue weighted by Gasteiger charge is -2.33. The van der Waals surface area contributed by atoms with Crippen molar-refractivity contribution in [2.45, 2.75) is 57.7 Å². The highest BCUT2D eigenvalue weighted by Gasteiger charge is 2.47. The third-order valence-electron chi connectivity index (χ3n) is 5.52. The van der Waals surface area contributed by atoms with E-state index >= 15 is 0 Å². The summed E-state index contributed by atoms with van der Waals surface area (Å²) in [6.45, 7) is 5.77. The number of carbonyl (C=O) groups excluding carboxylic acids is 2. The van der Waals surface area contributed by atoms with Gasteiger partial charge in [0, 0.05) is 31.3 Å². The Labute approximate surface area is 147 Å². The number of nitrogens with zero attached hydrogens (tertiary/aromatic N) is 3. The summed E-state index contributed by atoms with van der Waals surface area (Å²) < 4.78 is 5.30. The number of esters is 1. The zero-order valence-electron chi connectivity index (χ0n) is 14.7. The smallest absolute Gasteiger partial charge is 0.307 e. The van der Waals surface area contributed by atoms with E-state index in [1.54, 1.807) is 0 Å². The van der Waals surface area contributed by atoms with Crippen molar-refractivity contribution in [3.8, 4) is 0 Å². The van der Waals surface area contributed by atoms with E-state index in [0.29, 0.717) is 13.1 Å². The minimum atomic E-state index is -0.733. The largest absolute Gasteiger partial charge is 0.459 e. The van der Waals surface area contributed by atoms with E-state index in [4.69, 9.17) is 9.72 Å². The summed E-state index contributed by atoms with van der Waals surface area (Å²) in [5.74, 6) is 0.150. The van der Waals surface area contributed by atoms with Gasteiger partial charge in [-0.3, -0.25) is 9.59 Å². The van der Waals surface area contributed by atoms with Gasteiger partial charge in [0.05, 0.1) is 24.1 Å². The van der Waals surface area contributed by atoms with Gasteiger partial charge in [-0.05, 0) is 33.2 Å². The van der Waals surface area contributed by atoms with Crippen molar-refractivity contribution in [2.24, 2.45) is 5.92 Å². The predicted molar refractivity (Wildman–Crippen MR) is 89.4 cm³/mol. The van der Waals surface area contributed by atoms with E-state index in [2.05, 4.69) is 10.3 Å². The molecule has 0 radical (unpaired) electrons. The lowest BCUT2D eigenvalue weighted by molar-refractivity contribution is -0.149. The number of rotatable bonds is 2. The van der Waals surface area contributed by atoms with Gasteiger partial charge < -0.3 is 15.0 Å². The average molecular weight is 344 g/mol. The molecule has 1 aromatic heterocycles. The molecule has 4 rings (SSSR count). The molecule has 0 aliphatic carbocycles. The van der Waals surface area contributed by atoms with Crippen LogP contribution >= 0.6 is 0 Å².